The molecule has 2 atom stereocenters. The summed E-state index contributed by atoms with van der Waals surface area (Å²) in [7, 11) is -0.699. The summed E-state index contributed by atoms with van der Waals surface area (Å²) in [4.78, 5) is 12.5. The molecule has 2 saturated heterocycles. The van der Waals surface area contributed by atoms with Crippen LogP contribution in [0.4, 0.5) is 0 Å². The topological polar surface area (TPSA) is 52.0 Å². The Morgan fingerprint density at radius 3 is 2.68 bits per heavy atom. The van der Waals surface area contributed by atoms with Crippen LogP contribution in [-0.2, 0) is 17.3 Å². The third kappa shape index (κ3) is 2.40. The first kappa shape index (κ1) is 13.0. The van der Waals surface area contributed by atoms with E-state index < -0.39 is 10.8 Å². The smallest absolute Gasteiger partial charge is 0.169 e. The second-order valence-electron chi connectivity index (χ2n) is 5.62. The lowest BCUT2D eigenvalue weighted by molar-refractivity contribution is 0.0895. The van der Waals surface area contributed by atoms with Crippen LogP contribution in [0.1, 0.15) is 49.4 Å². The lowest BCUT2D eigenvalue weighted by atomic mass is 9.85. The minimum Gasteiger partial charge on any atom is -0.294 e. The van der Waals surface area contributed by atoms with Crippen LogP contribution in [0.25, 0.3) is 0 Å². The van der Waals surface area contributed by atoms with E-state index in [1.807, 2.05) is 13.1 Å². The van der Waals surface area contributed by atoms with E-state index in [2.05, 4.69) is 5.10 Å². The van der Waals surface area contributed by atoms with Crippen LogP contribution in [0, 0.1) is 5.92 Å². The molecule has 2 fully saturated rings. The Morgan fingerprint density at radius 2 is 2.11 bits per heavy atom. The van der Waals surface area contributed by atoms with Crippen LogP contribution in [0.15, 0.2) is 12.4 Å². The van der Waals surface area contributed by atoms with Crippen molar-refractivity contribution in [3.8, 4) is 0 Å². The van der Waals surface area contributed by atoms with Crippen LogP contribution in [0.3, 0.4) is 0 Å². The molecule has 4 nitrogen and oxygen atoms in total. The Kier molecular flexibility index (Phi) is 3.56. The van der Waals surface area contributed by atoms with E-state index in [4.69, 9.17) is 0 Å². The van der Waals surface area contributed by atoms with Crippen molar-refractivity contribution < 1.29 is 9.00 Å². The van der Waals surface area contributed by atoms with Crippen molar-refractivity contribution in [2.24, 2.45) is 5.92 Å². The largest absolute Gasteiger partial charge is 0.294 e. The standard InChI is InChI=1S/C14H20N2O2S/c1-2-16-9-11(8-15-16)14(17)10-6-12-4-3-5-13(7-10)19(12)18/h8-10,12-13H,2-7H2,1H3. The fourth-order valence-corrected chi connectivity index (χ4v) is 5.53. The van der Waals surface area contributed by atoms with Gasteiger partial charge in [0.25, 0.3) is 0 Å². The Balaban J connectivity index is 1.76. The molecule has 19 heavy (non-hydrogen) atoms. The van der Waals surface area contributed by atoms with Crippen LogP contribution in [-0.4, -0.2) is 30.3 Å². The number of rotatable bonds is 3. The molecule has 0 radical (unpaired) electrons. The molecule has 3 heterocycles. The van der Waals surface area contributed by atoms with Gasteiger partial charge in [-0.15, -0.1) is 0 Å². The van der Waals surface area contributed by atoms with Crippen LogP contribution >= 0.6 is 0 Å². The highest BCUT2D eigenvalue weighted by atomic mass is 32.2. The maximum Gasteiger partial charge on any atom is 0.169 e. The molecule has 2 aliphatic rings. The first-order valence-corrected chi connectivity index (χ1v) is 8.42. The molecule has 1 aromatic rings. The highest BCUT2D eigenvalue weighted by Gasteiger charge is 2.40. The first-order valence-electron chi connectivity index (χ1n) is 7.15. The maximum atomic E-state index is 12.5. The van der Waals surface area contributed by atoms with Crippen LogP contribution < -0.4 is 0 Å². The highest BCUT2D eigenvalue weighted by Crippen LogP contribution is 2.38. The number of fused-ring (bicyclic) bond motifs is 2. The average molecular weight is 280 g/mol. The number of aryl methyl sites for hydroxylation is 1. The summed E-state index contributed by atoms with van der Waals surface area (Å²) in [6.45, 7) is 2.79. The van der Waals surface area contributed by atoms with E-state index in [1.54, 1.807) is 10.9 Å². The minimum absolute atomic E-state index is 0.0579. The molecule has 0 aromatic carbocycles. The number of carbonyl (C=O) groups is 1. The van der Waals surface area contributed by atoms with Crippen molar-refractivity contribution in [3.63, 3.8) is 0 Å². The molecule has 104 valence electrons. The molecule has 1 aromatic heterocycles. The summed E-state index contributed by atoms with van der Waals surface area (Å²) in [5.41, 5.74) is 0.720. The fraction of sp³-hybridized carbons (Fsp3) is 0.714. The number of hydrogen-bond donors (Lipinski definition) is 0. The van der Waals surface area contributed by atoms with Gasteiger partial charge in [-0.3, -0.25) is 13.7 Å². The molecule has 2 unspecified atom stereocenters. The molecule has 0 spiro atoms. The molecular formula is C14H20N2O2S. The van der Waals surface area contributed by atoms with E-state index in [0.29, 0.717) is 0 Å². The van der Waals surface area contributed by atoms with Crippen molar-refractivity contribution in [1.82, 2.24) is 9.78 Å². The van der Waals surface area contributed by atoms with Gasteiger partial charge in [-0.2, -0.15) is 5.10 Å². The molecule has 0 amide bonds. The lowest BCUT2D eigenvalue weighted by Crippen LogP contribution is -2.41. The minimum atomic E-state index is -0.699. The van der Waals surface area contributed by atoms with Crippen molar-refractivity contribution in [1.29, 1.82) is 0 Å². The zero-order valence-electron chi connectivity index (χ0n) is 11.2. The molecular weight excluding hydrogens is 260 g/mol. The highest BCUT2D eigenvalue weighted by molar-refractivity contribution is 7.86. The number of nitrogens with zero attached hydrogens (tertiary/aromatic N) is 2. The maximum absolute atomic E-state index is 12.5. The predicted molar refractivity (Wildman–Crippen MR) is 74.5 cm³/mol. The van der Waals surface area contributed by atoms with Gasteiger partial charge in [0.15, 0.2) is 5.78 Å². The van der Waals surface area contributed by atoms with Gasteiger partial charge in [0.05, 0.1) is 11.8 Å². The van der Waals surface area contributed by atoms with Crippen molar-refractivity contribution in [3.05, 3.63) is 18.0 Å². The van der Waals surface area contributed by atoms with Gasteiger partial charge in [-0.25, -0.2) is 0 Å². The Bertz CT molecular complexity index is 495. The monoisotopic (exact) mass is 280 g/mol. The van der Waals surface area contributed by atoms with Crippen molar-refractivity contribution in [2.75, 3.05) is 0 Å². The number of Topliss-reactive ketones (excluding diaryl/α,β-unsaturated/α-hetero) is 1. The predicted octanol–water partition coefficient (Wildman–Crippen LogP) is 2.17. The van der Waals surface area contributed by atoms with E-state index >= 15 is 0 Å². The van der Waals surface area contributed by atoms with Gasteiger partial charge in [0.1, 0.15) is 0 Å². The van der Waals surface area contributed by atoms with Gasteiger partial charge >= 0.3 is 0 Å². The normalized spacial score (nSPS) is 34.2. The molecule has 0 N–H and O–H groups in total. The zero-order chi connectivity index (χ0) is 13.4. The summed E-state index contributed by atoms with van der Waals surface area (Å²) in [5.74, 6) is 0.260. The summed E-state index contributed by atoms with van der Waals surface area (Å²) in [5, 5.41) is 4.68. The van der Waals surface area contributed by atoms with E-state index in [-0.39, 0.29) is 22.2 Å². The van der Waals surface area contributed by atoms with Gasteiger partial charge < -0.3 is 0 Å². The SMILES string of the molecule is CCn1cc(C(=O)C2CC3CCCC(C2)S3=O)cn1. The average Bonchev–Trinajstić information content (AvgIpc) is 2.86. The quantitative estimate of drug-likeness (QED) is 0.797. The molecule has 3 rings (SSSR count). The first-order chi connectivity index (χ1) is 9.19. The lowest BCUT2D eigenvalue weighted by Gasteiger charge is -2.37. The van der Waals surface area contributed by atoms with Crippen LogP contribution in [0.5, 0.6) is 0 Å². The van der Waals surface area contributed by atoms with Gasteiger partial charge in [0.2, 0.25) is 0 Å². The third-order valence-electron chi connectivity index (χ3n) is 4.42. The molecule has 0 saturated carbocycles. The summed E-state index contributed by atoms with van der Waals surface area (Å²) >= 11 is 0. The summed E-state index contributed by atoms with van der Waals surface area (Å²) in [6, 6.07) is 0. The second kappa shape index (κ2) is 5.19. The van der Waals surface area contributed by atoms with Crippen molar-refractivity contribution >= 4 is 16.6 Å². The van der Waals surface area contributed by atoms with E-state index in [9.17, 15) is 9.00 Å². The second-order valence-corrected chi connectivity index (χ2v) is 7.61. The fourth-order valence-electron chi connectivity index (χ4n) is 3.35. The third-order valence-corrected chi connectivity index (χ3v) is 6.59. The van der Waals surface area contributed by atoms with E-state index in [1.165, 1.54) is 6.42 Å². The van der Waals surface area contributed by atoms with Gasteiger partial charge in [0, 0.05) is 40.0 Å². The molecule has 2 bridgehead atoms. The molecule has 0 aliphatic carbocycles. The summed E-state index contributed by atoms with van der Waals surface area (Å²) < 4.78 is 13.9. The summed E-state index contributed by atoms with van der Waals surface area (Å²) in [6.07, 6.45) is 8.35. The van der Waals surface area contributed by atoms with Gasteiger partial charge in [-0.1, -0.05) is 6.42 Å². The Labute approximate surface area is 116 Å². The zero-order valence-corrected chi connectivity index (χ0v) is 12.1. The number of hydrogen-bond acceptors (Lipinski definition) is 3. The van der Waals surface area contributed by atoms with Crippen molar-refractivity contribution in [2.45, 2.75) is 56.1 Å². The Morgan fingerprint density at radius 1 is 1.42 bits per heavy atom. The number of carbonyl (C=O) groups excluding carboxylic acids is 1. The van der Waals surface area contributed by atoms with Gasteiger partial charge in [-0.05, 0) is 32.6 Å². The molecule has 2 aliphatic heterocycles. The van der Waals surface area contributed by atoms with E-state index in [0.717, 1.165) is 37.8 Å². The van der Waals surface area contributed by atoms with Crippen LogP contribution in [0.2, 0.25) is 0 Å². The number of aromatic nitrogens is 2. The molecule has 5 heteroatoms. The Hall–Kier alpha value is -0.970. The number of ketones is 1.